The van der Waals surface area contributed by atoms with Crippen LogP contribution in [0.2, 0.25) is 5.02 Å². The molecule has 0 saturated heterocycles. The van der Waals surface area contributed by atoms with E-state index in [1.54, 1.807) is 20.4 Å². The highest BCUT2D eigenvalue weighted by molar-refractivity contribution is 6.32. The van der Waals surface area contributed by atoms with Gasteiger partial charge in [-0.05, 0) is 65.4 Å². The quantitative estimate of drug-likeness (QED) is 0.210. The molecule has 0 atom stereocenters. The number of hydrazone groups is 1. The standard InChI is InChI=1S/C31H30ClN3O5/c1-38-29-16-20-11-12-35(19-23(20)17-30(29)39-2)13-14-40-28-10-8-22(24-5-3-4-6-25(24)28)18-33-34-31(37)21-7-9-27(36)26(32)15-21/h3-10,15-18,36H,11-14,19H2,1-2H3,(H,34,37)/b33-18+. The molecule has 1 amide bonds. The number of rotatable bonds is 9. The van der Waals surface area contributed by atoms with Crippen LogP contribution in [-0.2, 0) is 13.0 Å². The monoisotopic (exact) mass is 559 g/mol. The summed E-state index contributed by atoms with van der Waals surface area (Å²) in [6.45, 7) is 3.12. The topological polar surface area (TPSA) is 92.6 Å². The number of benzene rings is 4. The van der Waals surface area contributed by atoms with Gasteiger partial charge in [-0.1, -0.05) is 35.9 Å². The van der Waals surface area contributed by atoms with Gasteiger partial charge in [-0.3, -0.25) is 9.69 Å². The van der Waals surface area contributed by atoms with Gasteiger partial charge in [0.25, 0.3) is 5.91 Å². The van der Waals surface area contributed by atoms with E-state index in [9.17, 15) is 9.90 Å². The highest BCUT2D eigenvalue weighted by Gasteiger charge is 2.19. The minimum atomic E-state index is -0.430. The number of halogens is 1. The molecule has 4 aromatic carbocycles. The SMILES string of the molecule is COc1cc2c(cc1OC)CN(CCOc1ccc(/C=N/NC(=O)c3ccc(O)c(Cl)c3)c3ccccc13)CC2. The molecule has 0 bridgehead atoms. The zero-order chi connectivity index (χ0) is 28.1. The minimum absolute atomic E-state index is 0.0848. The Morgan fingerprint density at radius 3 is 2.50 bits per heavy atom. The van der Waals surface area contributed by atoms with Gasteiger partial charge in [0, 0.05) is 36.1 Å². The molecule has 1 heterocycles. The van der Waals surface area contributed by atoms with Gasteiger partial charge in [-0.15, -0.1) is 0 Å². The highest BCUT2D eigenvalue weighted by Crippen LogP contribution is 2.33. The molecular formula is C31H30ClN3O5. The smallest absolute Gasteiger partial charge is 0.271 e. The van der Waals surface area contributed by atoms with Gasteiger partial charge in [0.05, 0.1) is 25.5 Å². The van der Waals surface area contributed by atoms with Crippen molar-refractivity contribution in [3.8, 4) is 23.0 Å². The average molecular weight is 560 g/mol. The molecule has 0 fully saturated rings. The van der Waals surface area contributed by atoms with Crippen LogP contribution in [0.1, 0.15) is 27.0 Å². The van der Waals surface area contributed by atoms with Gasteiger partial charge in [0.1, 0.15) is 18.1 Å². The first-order valence-electron chi connectivity index (χ1n) is 12.9. The maximum Gasteiger partial charge on any atom is 0.271 e. The molecule has 2 N–H and O–H groups in total. The number of carbonyl (C=O) groups excluding carboxylic acids is 1. The molecule has 0 aliphatic carbocycles. The van der Waals surface area contributed by atoms with Crippen LogP contribution in [0.3, 0.4) is 0 Å². The molecule has 9 heteroatoms. The molecule has 8 nitrogen and oxygen atoms in total. The van der Waals surface area contributed by atoms with E-state index in [0.29, 0.717) is 12.2 Å². The summed E-state index contributed by atoms with van der Waals surface area (Å²) in [5.41, 5.74) is 6.18. The first-order valence-corrected chi connectivity index (χ1v) is 13.3. The number of phenols is 1. The number of methoxy groups -OCH3 is 2. The van der Waals surface area contributed by atoms with E-state index in [1.165, 1.54) is 29.3 Å². The lowest BCUT2D eigenvalue weighted by Gasteiger charge is -2.29. The van der Waals surface area contributed by atoms with Crippen molar-refractivity contribution in [2.75, 3.05) is 33.9 Å². The first kappa shape index (κ1) is 27.3. The molecule has 0 unspecified atom stereocenters. The number of amides is 1. The van der Waals surface area contributed by atoms with Crippen LogP contribution >= 0.6 is 11.6 Å². The molecule has 5 rings (SSSR count). The van der Waals surface area contributed by atoms with Gasteiger partial charge in [-0.25, -0.2) is 5.43 Å². The minimum Gasteiger partial charge on any atom is -0.506 e. The van der Waals surface area contributed by atoms with E-state index in [1.807, 2.05) is 36.4 Å². The van der Waals surface area contributed by atoms with E-state index < -0.39 is 5.91 Å². The lowest BCUT2D eigenvalue weighted by atomic mass is 9.99. The Hall–Kier alpha value is -4.27. The highest BCUT2D eigenvalue weighted by atomic mass is 35.5. The molecule has 0 saturated carbocycles. The second-order valence-corrected chi connectivity index (χ2v) is 9.82. The van der Waals surface area contributed by atoms with E-state index in [0.717, 1.165) is 59.6 Å². The third kappa shape index (κ3) is 5.98. The van der Waals surface area contributed by atoms with Crippen molar-refractivity contribution in [1.29, 1.82) is 0 Å². The lowest BCUT2D eigenvalue weighted by Crippen LogP contribution is -2.33. The Kier molecular flexibility index (Phi) is 8.38. The van der Waals surface area contributed by atoms with Crippen molar-refractivity contribution in [2.45, 2.75) is 13.0 Å². The van der Waals surface area contributed by atoms with Gasteiger partial charge < -0.3 is 19.3 Å². The fourth-order valence-electron chi connectivity index (χ4n) is 4.82. The summed E-state index contributed by atoms with van der Waals surface area (Å²) in [4.78, 5) is 14.8. The zero-order valence-corrected chi connectivity index (χ0v) is 23.1. The predicted octanol–water partition coefficient (Wildman–Crippen LogP) is 5.42. The molecule has 0 radical (unpaired) electrons. The molecular weight excluding hydrogens is 530 g/mol. The summed E-state index contributed by atoms with van der Waals surface area (Å²) in [5, 5.41) is 15.7. The maximum atomic E-state index is 12.4. The Bertz CT molecular complexity index is 1570. The number of hydrogen-bond acceptors (Lipinski definition) is 7. The van der Waals surface area contributed by atoms with Crippen LogP contribution in [0.5, 0.6) is 23.0 Å². The molecule has 1 aliphatic rings. The number of nitrogens with one attached hydrogen (secondary N) is 1. The summed E-state index contributed by atoms with van der Waals surface area (Å²) >= 11 is 5.90. The van der Waals surface area contributed by atoms with Crippen molar-refractivity contribution in [3.05, 3.63) is 94.0 Å². The number of fused-ring (bicyclic) bond motifs is 2. The predicted molar refractivity (Wildman–Crippen MR) is 156 cm³/mol. The van der Waals surface area contributed by atoms with Crippen LogP contribution in [0.4, 0.5) is 0 Å². The average Bonchev–Trinajstić information content (AvgIpc) is 2.98. The van der Waals surface area contributed by atoms with Crippen LogP contribution < -0.4 is 19.6 Å². The second-order valence-electron chi connectivity index (χ2n) is 9.41. The van der Waals surface area contributed by atoms with Crippen molar-refractivity contribution in [3.63, 3.8) is 0 Å². The largest absolute Gasteiger partial charge is 0.506 e. The summed E-state index contributed by atoms with van der Waals surface area (Å²) in [6.07, 6.45) is 2.55. The van der Waals surface area contributed by atoms with Crippen LogP contribution in [0, 0.1) is 0 Å². The summed E-state index contributed by atoms with van der Waals surface area (Å²) < 4.78 is 17.2. The molecule has 0 spiro atoms. The Labute approximate surface area is 237 Å². The molecule has 1 aliphatic heterocycles. The maximum absolute atomic E-state index is 12.4. The van der Waals surface area contributed by atoms with Gasteiger partial charge >= 0.3 is 0 Å². The Morgan fingerprint density at radius 2 is 1.75 bits per heavy atom. The van der Waals surface area contributed by atoms with E-state index in [2.05, 4.69) is 27.6 Å². The molecule has 4 aromatic rings. The van der Waals surface area contributed by atoms with Crippen molar-refractivity contribution >= 4 is 34.5 Å². The van der Waals surface area contributed by atoms with Gasteiger partial charge in [-0.2, -0.15) is 5.10 Å². The molecule has 0 aromatic heterocycles. The van der Waals surface area contributed by atoms with E-state index in [-0.39, 0.29) is 10.8 Å². The molecule has 206 valence electrons. The van der Waals surface area contributed by atoms with Gasteiger partial charge in [0.2, 0.25) is 0 Å². The number of ether oxygens (including phenoxy) is 3. The summed E-state index contributed by atoms with van der Waals surface area (Å²) in [7, 11) is 3.32. The normalized spacial score (nSPS) is 13.3. The van der Waals surface area contributed by atoms with Crippen LogP contribution in [-0.4, -0.2) is 56.0 Å². The van der Waals surface area contributed by atoms with E-state index >= 15 is 0 Å². The van der Waals surface area contributed by atoms with Crippen LogP contribution in [0.15, 0.2) is 71.8 Å². The second kappa shape index (κ2) is 12.3. The number of carbonyl (C=O) groups is 1. The van der Waals surface area contributed by atoms with Crippen molar-refractivity contribution in [2.24, 2.45) is 5.10 Å². The van der Waals surface area contributed by atoms with Crippen molar-refractivity contribution < 1.29 is 24.1 Å². The van der Waals surface area contributed by atoms with Crippen LogP contribution in [0.25, 0.3) is 10.8 Å². The van der Waals surface area contributed by atoms with Gasteiger partial charge in [0.15, 0.2) is 11.5 Å². The lowest BCUT2D eigenvalue weighted by molar-refractivity contribution is 0.0955. The molecule has 40 heavy (non-hydrogen) atoms. The summed E-state index contributed by atoms with van der Waals surface area (Å²) in [6, 6.07) is 20.1. The van der Waals surface area contributed by atoms with E-state index in [4.69, 9.17) is 25.8 Å². The Balaban J connectivity index is 1.22. The third-order valence-corrected chi connectivity index (χ3v) is 7.26. The number of aromatic hydroxyl groups is 1. The fraction of sp³-hybridized carbons (Fsp3) is 0.226. The summed E-state index contributed by atoms with van der Waals surface area (Å²) in [5.74, 6) is 1.79. The number of phenolic OH excluding ortho intramolecular Hbond substituents is 1. The first-order chi connectivity index (χ1) is 19.5. The number of hydrogen-bond donors (Lipinski definition) is 2. The Morgan fingerprint density at radius 1 is 1.00 bits per heavy atom. The fourth-order valence-corrected chi connectivity index (χ4v) is 5.00. The zero-order valence-electron chi connectivity index (χ0n) is 22.3. The van der Waals surface area contributed by atoms with Crippen molar-refractivity contribution in [1.82, 2.24) is 10.3 Å². The number of nitrogens with zero attached hydrogens (tertiary/aromatic N) is 2. The third-order valence-electron chi connectivity index (χ3n) is 6.96.